The minimum atomic E-state index is -1.14. The lowest BCUT2D eigenvalue weighted by Crippen LogP contribution is -2.31. The molecule has 31 heavy (non-hydrogen) atoms. The number of nitrogens with two attached hydrogens (primary N) is 1. The first-order valence-corrected chi connectivity index (χ1v) is 10.7. The van der Waals surface area contributed by atoms with Crippen molar-refractivity contribution in [1.29, 1.82) is 0 Å². The van der Waals surface area contributed by atoms with Crippen LogP contribution in [0, 0.1) is 18.3 Å². The highest BCUT2D eigenvalue weighted by Gasteiger charge is 2.39. The van der Waals surface area contributed by atoms with E-state index in [0.29, 0.717) is 42.2 Å². The predicted molar refractivity (Wildman–Crippen MR) is 116 cm³/mol. The molecule has 0 spiro atoms. The molecular weight excluding hydrogens is 424 g/mol. The number of aromatic nitrogens is 3. The second-order valence-electron chi connectivity index (χ2n) is 7.83. The third-order valence-electron chi connectivity index (χ3n) is 5.73. The molecule has 1 aliphatic carbocycles. The van der Waals surface area contributed by atoms with Crippen LogP contribution >= 0.6 is 11.6 Å². The first kappa shape index (κ1) is 23.1. The molecule has 2 aliphatic rings. The zero-order chi connectivity index (χ0) is 22.4. The van der Waals surface area contributed by atoms with Gasteiger partial charge in [-0.15, -0.1) is 6.42 Å². The number of carboxylic acid groups (broad SMARTS) is 1. The number of terminal acetylenes is 1. The van der Waals surface area contributed by atoms with Gasteiger partial charge in [0.25, 0.3) is 0 Å². The number of fused-ring (bicyclic) bond motifs is 1. The summed E-state index contributed by atoms with van der Waals surface area (Å²) in [6.45, 7) is 0.187. The molecule has 168 valence electrons. The van der Waals surface area contributed by atoms with Gasteiger partial charge in [-0.05, 0) is 49.3 Å². The molecule has 1 aliphatic heterocycles. The van der Waals surface area contributed by atoms with E-state index >= 15 is 0 Å². The van der Waals surface area contributed by atoms with Crippen LogP contribution in [0.3, 0.4) is 0 Å². The minimum absolute atomic E-state index is 0.0818. The van der Waals surface area contributed by atoms with Crippen molar-refractivity contribution < 1.29 is 24.5 Å². The summed E-state index contributed by atoms with van der Waals surface area (Å²) in [5, 5.41) is 18.4. The Kier molecular flexibility index (Phi) is 7.59. The first-order valence-electron chi connectivity index (χ1n) is 10.3. The molecule has 4 N–H and O–H groups in total. The molecule has 1 saturated carbocycles. The van der Waals surface area contributed by atoms with E-state index in [1.165, 1.54) is 19.3 Å². The predicted octanol–water partition coefficient (Wildman–Crippen LogP) is 3.60. The zero-order valence-corrected chi connectivity index (χ0v) is 17.9. The summed E-state index contributed by atoms with van der Waals surface area (Å²) in [7, 11) is 0. The van der Waals surface area contributed by atoms with Crippen LogP contribution in [0.25, 0.3) is 11.0 Å². The Morgan fingerprint density at radius 3 is 2.74 bits per heavy atom. The largest absolute Gasteiger partial charge is 0.505 e. The van der Waals surface area contributed by atoms with E-state index < -0.39 is 11.8 Å². The van der Waals surface area contributed by atoms with Crippen molar-refractivity contribution in [3.05, 3.63) is 17.5 Å². The number of carbonyl (C=O) groups is 1. The van der Waals surface area contributed by atoms with Gasteiger partial charge in [0.15, 0.2) is 5.60 Å². The fourth-order valence-corrected chi connectivity index (χ4v) is 4.17. The molecule has 10 heteroatoms. The van der Waals surface area contributed by atoms with Crippen molar-refractivity contribution in [3.8, 4) is 12.3 Å². The molecule has 0 radical (unpaired) electrons. The third kappa shape index (κ3) is 5.58. The van der Waals surface area contributed by atoms with E-state index in [1.807, 2.05) is 4.57 Å². The maximum Gasteiger partial charge on any atom is 0.505 e. The van der Waals surface area contributed by atoms with Gasteiger partial charge in [-0.1, -0.05) is 25.2 Å². The van der Waals surface area contributed by atoms with Gasteiger partial charge in [0.2, 0.25) is 5.28 Å². The highest BCUT2D eigenvalue weighted by atomic mass is 35.5. The molecule has 0 amide bonds. The van der Waals surface area contributed by atoms with Crippen LogP contribution in [0.15, 0.2) is 12.3 Å². The minimum Gasteiger partial charge on any atom is -0.450 e. The fourth-order valence-electron chi connectivity index (χ4n) is 4.00. The Bertz CT molecular complexity index is 953. The van der Waals surface area contributed by atoms with E-state index in [9.17, 15) is 9.90 Å². The topological polar surface area (TPSA) is 133 Å². The van der Waals surface area contributed by atoms with Gasteiger partial charge in [-0.2, -0.15) is 4.98 Å². The van der Waals surface area contributed by atoms with Crippen LogP contribution in [0.1, 0.15) is 51.2 Å². The van der Waals surface area contributed by atoms with Gasteiger partial charge in [-0.25, -0.2) is 9.78 Å². The number of hydrogen-bond donors (Lipinski definition) is 3. The van der Waals surface area contributed by atoms with Crippen LogP contribution < -0.4 is 5.73 Å². The fraction of sp³-hybridized carbons (Fsp3) is 0.571. The highest BCUT2D eigenvalue weighted by molar-refractivity contribution is 6.28. The summed E-state index contributed by atoms with van der Waals surface area (Å²) in [5.41, 5.74) is 5.48. The number of anilines is 1. The number of hydrogen-bond acceptors (Lipinski definition) is 7. The van der Waals surface area contributed by atoms with Crippen LogP contribution in [0.4, 0.5) is 10.6 Å². The number of aliphatic hydroxyl groups is 1. The van der Waals surface area contributed by atoms with E-state index in [4.69, 9.17) is 33.6 Å². The van der Waals surface area contributed by atoms with E-state index in [1.54, 1.807) is 12.3 Å². The monoisotopic (exact) mass is 450 g/mol. The summed E-state index contributed by atoms with van der Waals surface area (Å²) < 4.78 is 12.1. The normalized spacial score (nSPS) is 23.7. The molecule has 2 fully saturated rings. The second kappa shape index (κ2) is 10.2. The van der Waals surface area contributed by atoms with Gasteiger partial charge in [0.1, 0.15) is 17.7 Å². The second-order valence-corrected chi connectivity index (χ2v) is 8.17. The number of rotatable bonds is 4. The van der Waals surface area contributed by atoms with Crippen LogP contribution in [-0.2, 0) is 9.47 Å². The van der Waals surface area contributed by atoms with Crippen molar-refractivity contribution in [1.82, 2.24) is 14.5 Å². The molecule has 2 atom stereocenters. The number of nitrogens with zero attached hydrogens (tertiary/aromatic N) is 3. The third-order valence-corrected chi connectivity index (χ3v) is 5.90. The summed E-state index contributed by atoms with van der Waals surface area (Å²) in [5.74, 6) is 3.33. The lowest BCUT2D eigenvalue weighted by atomic mass is 9.90. The van der Waals surface area contributed by atoms with E-state index in [2.05, 4.69) is 20.6 Å². The van der Waals surface area contributed by atoms with Crippen LogP contribution in [0.5, 0.6) is 0 Å². The molecule has 4 rings (SSSR count). The van der Waals surface area contributed by atoms with Crippen molar-refractivity contribution in [2.24, 2.45) is 5.92 Å². The summed E-state index contributed by atoms with van der Waals surface area (Å²) in [6.07, 6.45) is 13.1. The van der Waals surface area contributed by atoms with Gasteiger partial charge in [-0.3, -0.25) is 0 Å². The summed E-state index contributed by atoms with van der Waals surface area (Å²) in [6, 6.07) is 1.80. The molecule has 0 bridgehead atoms. The lowest BCUT2D eigenvalue weighted by molar-refractivity contribution is -0.0615. The van der Waals surface area contributed by atoms with Gasteiger partial charge < -0.3 is 30.0 Å². The van der Waals surface area contributed by atoms with Crippen molar-refractivity contribution in [2.75, 3.05) is 18.9 Å². The standard InChI is InChI=1S/C13H13ClN4O2.C8H14O3/c1-2-13(7-19)5-3-9(20-13)18-6-4-8-10(15)16-12(14)17-11(8)18;9-8(10)11-6-7-4-2-1-3-5-7/h1,4,6,9,19H,3,5,7H2,(H2,15,16,17);7H,1-6H2,(H,9,10)/t9-,13+;/m1./s1. The molecule has 1 saturated heterocycles. The van der Waals surface area contributed by atoms with Crippen molar-refractivity contribution in [3.63, 3.8) is 0 Å². The number of aliphatic hydroxyl groups excluding tert-OH is 1. The highest BCUT2D eigenvalue weighted by Crippen LogP contribution is 2.38. The van der Waals surface area contributed by atoms with E-state index in [0.717, 1.165) is 12.8 Å². The average Bonchev–Trinajstić information content (AvgIpc) is 3.38. The first-order chi connectivity index (χ1) is 14.9. The molecule has 9 nitrogen and oxygen atoms in total. The zero-order valence-electron chi connectivity index (χ0n) is 17.2. The Morgan fingerprint density at radius 1 is 1.39 bits per heavy atom. The molecule has 3 heterocycles. The van der Waals surface area contributed by atoms with Crippen molar-refractivity contribution >= 4 is 34.6 Å². The lowest BCUT2D eigenvalue weighted by Gasteiger charge is -2.21. The smallest absolute Gasteiger partial charge is 0.450 e. The average molecular weight is 451 g/mol. The van der Waals surface area contributed by atoms with Gasteiger partial charge >= 0.3 is 6.16 Å². The number of ether oxygens (including phenoxy) is 2. The Hall–Kier alpha value is -2.54. The summed E-state index contributed by atoms with van der Waals surface area (Å²) >= 11 is 5.84. The maximum atomic E-state index is 10.0. The molecule has 0 aromatic carbocycles. The van der Waals surface area contributed by atoms with Crippen LogP contribution in [-0.4, -0.2) is 49.7 Å². The Balaban J connectivity index is 0.000000210. The maximum absolute atomic E-state index is 10.0. The van der Waals surface area contributed by atoms with Gasteiger partial charge in [0.05, 0.1) is 18.6 Å². The Labute approximate surface area is 185 Å². The van der Waals surface area contributed by atoms with Gasteiger partial charge in [0, 0.05) is 6.20 Å². The quantitative estimate of drug-likeness (QED) is 0.365. The molecule has 0 unspecified atom stereocenters. The number of halogens is 1. The van der Waals surface area contributed by atoms with Crippen molar-refractivity contribution in [2.45, 2.75) is 56.8 Å². The molecular formula is C21H27ClN4O5. The summed E-state index contributed by atoms with van der Waals surface area (Å²) in [4.78, 5) is 18.1. The van der Waals surface area contributed by atoms with E-state index in [-0.39, 0.29) is 18.1 Å². The van der Waals surface area contributed by atoms with Crippen LogP contribution in [0.2, 0.25) is 5.28 Å². The SMILES string of the molecule is C#C[C@@]1(CO)CC[C@H](n2ccc3c(N)nc(Cl)nc32)O1.O=C(O)OCC1CCCCC1. The Morgan fingerprint density at radius 2 is 2.13 bits per heavy atom. The molecule has 2 aromatic heterocycles. The molecule has 2 aromatic rings. The number of nitrogen functional groups attached to an aromatic ring is 1.